The fourth-order valence-corrected chi connectivity index (χ4v) is 5.36. The van der Waals surface area contributed by atoms with Crippen LogP contribution in [-0.4, -0.2) is 7.11 Å². The third kappa shape index (κ3) is 3.00. The van der Waals surface area contributed by atoms with Crippen LogP contribution in [0.15, 0.2) is 35.1 Å². The van der Waals surface area contributed by atoms with Crippen LogP contribution in [0, 0.1) is 22.7 Å². The monoisotopic (exact) mass is 328 g/mol. The first-order valence-electron chi connectivity index (χ1n) is 10.1. The standard InChI is InChI=1S/C23H36O/c1-6-22(3)14-13-21-18(16-17(22)2)8-7-9-19-10-11-20(24-5)12-15-23(19,21)4/h9,11,13,17-18H,6-8,10,12,14-16H2,1-5H3. The smallest absolute Gasteiger partial charge is 0.0919 e. The molecule has 0 radical (unpaired) electrons. The molecule has 0 aromatic heterocycles. The fraction of sp³-hybridized carbons (Fsp3) is 0.739. The second-order valence-electron chi connectivity index (χ2n) is 8.92. The molecule has 0 saturated heterocycles. The molecular formula is C23H36O. The number of hydrogen-bond donors (Lipinski definition) is 0. The summed E-state index contributed by atoms with van der Waals surface area (Å²) in [5.41, 5.74) is 4.13. The summed E-state index contributed by atoms with van der Waals surface area (Å²) < 4.78 is 5.60. The summed E-state index contributed by atoms with van der Waals surface area (Å²) in [6, 6.07) is 0. The third-order valence-corrected chi connectivity index (χ3v) is 7.80. The molecule has 0 saturated carbocycles. The Morgan fingerprint density at radius 2 is 2.00 bits per heavy atom. The Morgan fingerprint density at radius 1 is 1.21 bits per heavy atom. The first-order valence-corrected chi connectivity index (χ1v) is 10.1. The van der Waals surface area contributed by atoms with Crippen LogP contribution >= 0.6 is 0 Å². The Labute approximate surface area is 149 Å². The zero-order valence-electron chi connectivity index (χ0n) is 16.5. The zero-order valence-corrected chi connectivity index (χ0v) is 16.5. The second-order valence-corrected chi connectivity index (χ2v) is 8.92. The number of ether oxygens (including phenoxy) is 1. The van der Waals surface area contributed by atoms with E-state index in [4.69, 9.17) is 4.74 Å². The van der Waals surface area contributed by atoms with E-state index in [9.17, 15) is 0 Å². The van der Waals surface area contributed by atoms with E-state index in [-0.39, 0.29) is 5.41 Å². The van der Waals surface area contributed by atoms with Gasteiger partial charge in [-0.15, -0.1) is 0 Å². The Hall–Kier alpha value is -0.980. The minimum Gasteiger partial charge on any atom is -0.501 e. The Kier molecular flexibility index (Phi) is 5.00. The number of rotatable bonds is 2. The molecule has 0 bridgehead atoms. The van der Waals surface area contributed by atoms with Crippen molar-refractivity contribution < 1.29 is 4.74 Å². The quantitative estimate of drug-likeness (QED) is 0.505. The molecule has 4 atom stereocenters. The molecule has 0 amide bonds. The maximum Gasteiger partial charge on any atom is 0.0919 e. The van der Waals surface area contributed by atoms with Crippen molar-refractivity contribution in [2.24, 2.45) is 22.7 Å². The lowest BCUT2D eigenvalue weighted by Crippen LogP contribution is -2.26. The molecule has 3 aliphatic rings. The summed E-state index contributed by atoms with van der Waals surface area (Å²) in [5.74, 6) is 2.77. The van der Waals surface area contributed by atoms with Gasteiger partial charge in [-0.3, -0.25) is 0 Å². The van der Waals surface area contributed by atoms with Crippen LogP contribution in [-0.2, 0) is 4.74 Å². The van der Waals surface area contributed by atoms with Gasteiger partial charge < -0.3 is 4.74 Å². The lowest BCUT2D eigenvalue weighted by Gasteiger charge is -2.37. The van der Waals surface area contributed by atoms with Gasteiger partial charge >= 0.3 is 0 Å². The van der Waals surface area contributed by atoms with E-state index in [1.54, 1.807) is 11.1 Å². The van der Waals surface area contributed by atoms with Gasteiger partial charge in [0.25, 0.3) is 0 Å². The lowest BCUT2D eigenvalue weighted by molar-refractivity contribution is 0.174. The third-order valence-electron chi connectivity index (χ3n) is 7.80. The normalized spacial score (nSPS) is 40.0. The van der Waals surface area contributed by atoms with Crippen molar-refractivity contribution in [3.63, 3.8) is 0 Å². The minimum absolute atomic E-state index is 0.247. The zero-order chi connectivity index (χ0) is 17.4. The predicted octanol–water partition coefficient (Wildman–Crippen LogP) is 6.82. The molecule has 134 valence electrons. The summed E-state index contributed by atoms with van der Waals surface area (Å²) in [5, 5.41) is 0. The largest absolute Gasteiger partial charge is 0.501 e. The predicted molar refractivity (Wildman–Crippen MR) is 103 cm³/mol. The van der Waals surface area contributed by atoms with Crippen LogP contribution in [0.25, 0.3) is 0 Å². The average Bonchev–Trinajstić information content (AvgIpc) is 2.87. The molecule has 0 spiro atoms. The first-order chi connectivity index (χ1) is 11.4. The van der Waals surface area contributed by atoms with Crippen molar-refractivity contribution >= 4 is 0 Å². The Balaban J connectivity index is 1.98. The Bertz CT molecular complexity index is 567. The average molecular weight is 329 g/mol. The second kappa shape index (κ2) is 6.73. The van der Waals surface area contributed by atoms with Crippen LogP contribution in [0.3, 0.4) is 0 Å². The SMILES string of the molecule is CCC1(C)CC=C2C(CCC=C3CC=C(OC)CCC32C)CC1C. The molecule has 0 aromatic rings. The molecule has 3 aliphatic carbocycles. The molecule has 0 aromatic carbocycles. The lowest BCUT2D eigenvalue weighted by atomic mass is 9.67. The van der Waals surface area contributed by atoms with E-state index < -0.39 is 0 Å². The van der Waals surface area contributed by atoms with Crippen molar-refractivity contribution in [3.05, 3.63) is 35.1 Å². The minimum atomic E-state index is 0.247. The van der Waals surface area contributed by atoms with E-state index in [0.29, 0.717) is 5.41 Å². The molecule has 3 rings (SSSR count). The number of fused-ring (bicyclic) bond motifs is 3. The first kappa shape index (κ1) is 17.8. The van der Waals surface area contributed by atoms with E-state index in [1.165, 1.54) is 44.3 Å². The maximum absolute atomic E-state index is 5.60. The summed E-state index contributed by atoms with van der Waals surface area (Å²) in [6.07, 6.45) is 17.4. The molecule has 0 N–H and O–H groups in total. The Morgan fingerprint density at radius 3 is 2.71 bits per heavy atom. The van der Waals surface area contributed by atoms with E-state index in [2.05, 4.69) is 45.9 Å². The number of allylic oxidation sites excluding steroid dienone is 6. The summed E-state index contributed by atoms with van der Waals surface area (Å²) in [7, 11) is 1.83. The highest BCUT2D eigenvalue weighted by Gasteiger charge is 2.42. The highest BCUT2D eigenvalue weighted by Crippen LogP contribution is 2.55. The fourth-order valence-electron chi connectivity index (χ4n) is 5.36. The van der Waals surface area contributed by atoms with Gasteiger partial charge in [0, 0.05) is 11.8 Å². The van der Waals surface area contributed by atoms with Gasteiger partial charge in [-0.2, -0.15) is 0 Å². The molecule has 1 nitrogen and oxygen atoms in total. The molecule has 24 heavy (non-hydrogen) atoms. The van der Waals surface area contributed by atoms with Gasteiger partial charge in [0.05, 0.1) is 12.9 Å². The van der Waals surface area contributed by atoms with Gasteiger partial charge in [-0.25, -0.2) is 0 Å². The highest BCUT2D eigenvalue weighted by molar-refractivity contribution is 5.36. The molecular weight excluding hydrogens is 292 g/mol. The van der Waals surface area contributed by atoms with Crippen LogP contribution in [0.4, 0.5) is 0 Å². The van der Waals surface area contributed by atoms with Gasteiger partial charge in [-0.1, -0.05) is 57.4 Å². The van der Waals surface area contributed by atoms with E-state index in [0.717, 1.165) is 24.7 Å². The van der Waals surface area contributed by atoms with Gasteiger partial charge in [0.1, 0.15) is 0 Å². The number of hydrogen-bond acceptors (Lipinski definition) is 1. The molecule has 4 unspecified atom stereocenters. The maximum atomic E-state index is 5.60. The van der Waals surface area contributed by atoms with E-state index in [1.807, 2.05) is 7.11 Å². The van der Waals surface area contributed by atoms with Crippen molar-refractivity contribution in [1.82, 2.24) is 0 Å². The van der Waals surface area contributed by atoms with Crippen LogP contribution in [0.1, 0.15) is 79.1 Å². The van der Waals surface area contributed by atoms with Crippen molar-refractivity contribution in [1.29, 1.82) is 0 Å². The molecule has 1 heteroatoms. The summed E-state index contributed by atoms with van der Waals surface area (Å²) in [4.78, 5) is 0. The molecule has 0 aliphatic heterocycles. The van der Waals surface area contributed by atoms with E-state index >= 15 is 0 Å². The van der Waals surface area contributed by atoms with Crippen LogP contribution in [0.2, 0.25) is 0 Å². The summed E-state index contributed by atoms with van der Waals surface area (Å²) in [6.45, 7) is 9.91. The van der Waals surface area contributed by atoms with Gasteiger partial charge in [0.15, 0.2) is 0 Å². The van der Waals surface area contributed by atoms with Gasteiger partial charge in [0.2, 0.25) is 0 Å². The topological polar surface area (TPSA) is 9.23 Å². The van der Waals surface area contributed by atoms with Crippen molar-refractivity contribution in [2.75, 3.05) is 7.11 Å². The van der Waals surface area contributed by atoms with Crippen LogP contribution in [0.5, 0.6) is 0 Å². The highest BCUT2D eigenvalue weighted by atomic mass is 16.5. The molecule has 0 heterocycles. The van der Waals surface area contributed by atoms with Crippen molar-refractivity contribution in [2.45, 2.75) is 79.1 Å². The van der Waals surface area contributed by atoms with Crippen molar-refractivity contribution in [3.8, 4) is 0 Å². The van der Waals surface area contributed by atoms with Gasteiger partial charge in [-0.05, 0) is 61.9 Å². The number of methoxy groups -OCH3 is 1. The molecule has 0 fully saturated rings. The summed E-state index contributed by atoms with van der Waals surface area (Å²) >= 11 is 0. The van der Waals surface area contributed by atoms with Crippen LogP contribution < -0.4 is 0 Å².